The molecule has 0 fully saturated rings. The highest BCUT2D eigenvalue weighted by Gasteiger charge is 2.20. The van der Waals surface area contributed by atoms with Gasteiger partial charge in [-0.1, -0.05) is 32.0 Å². The number of nitrogens with zero attached hydrogens (tertiary/aromatic N) is 1. The number of benzene rings is 1. The first-order valence-corrected chi connectivity index (χ1v) is 7.92. The molecule has 0 aliphatic carbocycles. The van der Waals surface area contributed by atoms with E-state index in [0.717, 1.165) is 5.52 Å². The van der Waals surface area contributed by atoms with Crippen LogP contribution in [0.4, 0.5) is 0 Å². The quantitative estimate of drug-likeness (QED) is 0.747. The molecule has 2 heterocycles. The Morgan fingerprint density at radius 1 is 1.06 bits per heavy atom. The molecule has 1 aliphatic rings. The first-order valence-electron chi connectivity index (χ1n) is 5.95. The molecule has 0 bridgehead atoms. The normalized spacial score (nSPS) is 15.2. The zero-order valence-corrected chi connectivity index (χ0v) is 11.7. The largest absolute Gasteiger partial charge is 0.251 e. The van der Waals surface area contributed by atoms with Gasteiger partial charge in [0.05, 0.1) is 11.2 Å². The monoisotopic (exact) mass is 261 g/mol. The van der Waals surface area contributed by atoms with Crippen molar-refractivity contribution in [1.82, 2.24) is 4.98 Å². The van der Waals surface area contributed by atoms with Crippen molar-refractivity contribution >= 4 is 34.4 Å². The van der Waals surface area contributed by atoms with Crippen LogP contribution in [-0.4, -0.2) is 16.5 Å². The van der Waals surface area contributed by atoms with Gasteiger partial charge in [0.1, 0.15) is 0 Å². The van der Waals surface area contributed by atoms with Crippen molar-refractivity contribution in [3.63, 3.8) is 0 Å². The van der Waals surface area contributed by atoms with Gasteiger partial charge in [-0.15, -0.1) is 23.5 Å². The van der Waals surface area contributed by atoms with Gasteiger partial charge in [0, 0.05) is 26.7 Å². The molecule has 0 saturated carbocycles. The van der Waals surface area contributed by atoms with Gasteiger partial charge in [0.2, 0.25) is 0 Å². The van der Waals surface area contributed by atoms with Crippen LogP contribution in [0.15, 0.2) is 34.1 Å². The van der Waals surface area contributed by atoms with E-state index in [1.807, 2.05) is 23.5 Å². The average molecular weight is 261 g/mol. The van der Waals surface area contributed by atoms with Gasteiger partial charge >= 0.3 is 0 Å². The molecule has 0 saturated heterocycles. The lowest BCUT2D eigenvalue weighted by atomic mass is 10.1. The summed E-state index contributed by atoms with van der Waals surface area (Å²) < 4.78 is 0. The van der Waals surface area contributed by atoms with Gasteiger partial charge in [0.25, 0.3) is 0 Å². The number of thioether (sulfide) groups is 2. The molecule has 1 nitrogen and oxygen atoms in total. The van der Waals surface area contributed by atoms with Crippen LogP contribution in [0.25, 0.3) is 10.9 Å². The Balaban J connectivity index is 2.35. The van der Waals surface area contributed by atoms with E-state index in [1.165, 1.54) is 32.4 Å². The van der Waals surface area contributed by atoms with Crippen molar-refractivity contribution in [2.45, 2.75) is 29.6 Å². The van der Waals surface area contributed by atoms with Crippen LogP contribution < -0.4 is 0 Å². The molecule has 0 atom stereocenters. The summed E-state index contributed by atoms with van der Waals surface area (Å²) in [5.74, 6) is 2.92. The highest BCUT2D eigenvalue weighted by atomic mass is 32.2. The van der Waals surface area contributed by atoms with Crippen LogP contribution in [0, 0.1) is 0 Å². The number of fused-ring (bicyclic) bond motifs is 3. The lowest BCUT2D eigenvalue weighted by molar-refractivity contribution is 0.792. The number of hydrogen-bond donors (Lipinski definition) is 0. The number of hydrogen-bond acceptors (Lipinski definition) is 3. The van der Waals surface area contributed by atoms with Gasteiger partial charge in [-0.05, 0) is 12.0 Å². The molecule has 3 rings (SSSR count). The lowest BCUT2D eigenvalue weighted by Crippen LogP contribution is -2.04. The van der Waals surface area contributed by atoms with Crippen molar-refractivity contribution in [2.24, 2.45) is 0 Å². The van der Waals surface area contributed by atoms with Crippen LogP contribution in [0.5, 0.6) is 0 Å². The third kappa shape index (κ3) is 1.95. The van der Waals surface area contributed by atoms with Crippen molar-refractivity contribution in [3.8, 4) is 0 Å². The molecule has 1 aliphatic heterocycles. The van der Waals surface area contributed by atoms with E-state index in [1.54, 1.807) is 0 Å². The fourth-order valence-corrected chi connectivity index (χ4v) is 4.81. The van der Waals surface area contributed by atoms with Crippen LogP contribution in [0.3, 0.4) is 0 Å². The Bertz CT molecular complexity index is 563. The molecule has 2 aromatic rings. The van der Waals surface area contributed by atoms with E-state index in [0.29, 0.717) is 5.92 Å². The standard InChI is InChI=1S/C14H15NS2/c1-9(2)12-14-13(16-7-8-17-14)10-5-3-4-6-11(10)15-12/h3-6,9H,7-8H2,1-2H3. The number of para-hydroxylation sites is 1. The predicted molar refractivity (Wildman–Crippen MR) is 77.3 cm³/mol. The van der Waals surface area contributed by atoms with Crippen molar-refractivity contribution in [1.29, 1.82) is 0 Å². The Morgan fingerprint density at radius 3 is 2.53 bits per heavy atom. The first kappa shape index (κ1) is 11.4. The van der Waals surface area contributed by atoms with Crippen molar-refractivity contribution in [2.75, 3.05) is 11.5 Å². The minimum Gasteiger partial charge on any atom is -0.251 e. The molecule has 88 valence electrons. The minimum absolute atomic E-state index is 0.500. The van der Waals surface area contributed by atoms with E-state index in [9.17, 15) is 0 Å². The summed E-state index contributed by atoms with van der Waals surface area (Å²) in [4.78, 5) is 7.73. The summed E-state index contributed by atoms with van der Waals surface area (Å²) in [6.07, 6.45) is 0. The van der Waals surface area contributed by atoms with Crippen molar-refractivity contribution < 1.29 is 0 Å². The van der Waals surface area contributed by atoms with E-state index >= 15 is 0 Å². The van der Waals surface area contributed by atoms with Crippen LogP contribution in [0.2, 0.25) is 0 Å². The zero-order valence-electron chi connectivity index (χ0n) is 10.1. The maximum absolute atomic E-state index is 4.85. The number of pyridine rings is 1. The Kier molecular flexibility index (Phi) is 3.05. The third-order valence-corrected chi connectivity index (χ3v) is 5.57. The Labute approximate surface area is 110 Å². The smallest absolute Gasteiger partial charge is 0.0717 e. The Morgan fingerprint density at radius 2 is 1.76 bits per heavy atom. The summed E-state index contributed by atoms with van der Waals surface area (Å²) in [6.45, 7) is 4.47. The summed E-state index contributed by atoms with van der Waals surface area (Å²) in [5.41, 5.74) is 2.42. The van der Waals surface area contributed by atoms with E-state index < -0.39 is 0 Å². The minimum atomic E-state index is 0.500. The molecule has 17 heavy (non-hydrogen) atoms. The van der Waals surface area contributed by atoms with Crippen molar-refractivity contribution in [3.05, 3.63) is 30.0 Å². The van der Waals surface area contributed by atoms with Gasteiger partial charge in [0.15, 0.2) is 0 Å². The number of rotatable bonds is 1. The highest BCUT2D eigenvalue weighted by Crippen LogP contribution is 2.44. The van der Waals surface area contributed by atoms with E-state index in [4.69, 9.17) is 4.98 Å². The lowest BCUT2D eigenvalue weighted by Gasteiger charge is -2.21. The molecular weight excluding hydrogens is 246 g/mol. The highest BCUT2D eigenvalue weighted by molar-refractivity contribution is 8.05. The van der Waals surface area contributed by atoms with Crippen LogP contribution >= 0.6 is 23.5 Å². The molecular formula is C14H15NS2. The zero-order chi connectivity index (χ0) is 11.8. The summed E-state index contributed by atoms with van der Waals surface area (Å²) in [7, 11) is 0. The topological polar surface area (TPSA) is 12.9 Å². The molecule has 3 heteroatoms. The predicted octanol–water partition coefficient (Wildman–Crippen LogP) is 4.56. The van der Waals surface area contributed by atoms with E-state index in [2.05, 4.69) is 38.1 Å². The second-order valence-electron chi connectivity index (χ2n) is 4.52. The first-order chi connectivity index (χ1) is 8.27. The SMILES string of the molecule is CC(C)c1nc2ccccc2c2c1SCCS2. The summed E-state index contributed by atoms with van der Waals surface area (Å²) in [6, 6.07) is 8.51. The van der Waals surface area contributed by atoms with Gasteiger partial charge in [-0.3, -0.25) is 4.98 Å². The van der Waals surface area contributed by atoms with Gasteiger partial charge in [-0.25, -0.2) is 0 Å². The fourth-order valence-electron chi connectivity index (χ4n) is 2.14. The molecule has 0 amide bonds. The summed E-state index contributed by atoms with van der Waals surface area (Å²) in [5, 5.41) is 1.32. The van der Waals surface area contributed by atoms with Gasteiger partial charge in [-0.2, -0.15) is 0 Å². The van der Waals surface area contributed by atoms with Gasteiger partial charge < -0.3 is 0 Å². The maximum atomic E-state index is 4.85. The third-order valence-electron chi connectivity index (χ3n) is 2.95. The van der Waals surface area contributed by atoms with E-state index in [-0.39, 0.29) is 0 Å². The summed E-state index contributed by atoms with van der Waals surface area (Å²) >= 11 is 3.96. The fraction of sp³-hybridized carbons (Fsp3) is 0.357. The molecule has 0 N–H and O–H groups in total. The maximum Gasteiger partial charge on any atom is 0.0717 e. The second-order valence-corrected chi connectivity index (χ2v) is 6.73. The molecule has 0 unspecified atom stereocenters. The molecule has 1 aromatic carbocycles. The average Bonchev–Trinajstić information content (AvgIpc) is 2.37. The second kappa shape index (κ2) is 4.54. The van der Waals surface area contributed by atoms with Crippen LogP contribution in [-0.2, 0) is 0 Å². The molecule has 1 aromatic heterocycles. The Hall–Kier alpha value is -0.670. The molecule has 0 radical (unpaired) electrons. The number of aromatic nitrogens is 1. The molecule has 0 spiro atoms. The van der Waals surface area contributed by atoms with Crippen LogP contribution in [0.1, 0.15) is 25.5 Å².